The van der Waals surface area contributed by atoms with Crippen LogP contribution >= 0.6 is 0 Å². The highest BCUT2D eigenvalue weighted by Gasteiger charge is 2.22. The fraction of sp³-hybridized carbons (Fsp3) is 0.182. The summed E-state index contributed by atoms with van der Waals surface area (Å²) in [6.07, 6.45) is 1.60. The second-order valence-electron chi connectivity index (χ2n) is 6.11. The third kappa shape index (κ3) is 3.89. The van der Waals surface area contributed by atoms with Gasteiger partial charge in [-0.2, -0.15) is 5.26 Å². The predicted molar refractivity (Wildman–Crippen MR) is 102 cm³/mol. The number of hydrogen-bond acceptors (Lipinski definition) is 4. The number of aromatic nitrogens is 1. The summed E-state index contributed by atoms with van der Waals surface area (Å²) in [6, 6.07) is 15.5. The molecule has 0 spiro atoms. The number of hydrogen-bond donors (Lipinski definition) is 0. The molecule has 6 heteroatoms. The smallest absolute Gasteiger partial charge is 0.355 e. The molecule has 2 aromatic carbocycles. The molecule has 1 heterocycles. The number of ether oxygens (including phenoxy) is 2. The summed E-state index contributed by atoms with van der Waals surface area (Å²) in [5.41, 5.74) is 2.37. The first-order valence-electron chi connectivity index (χ1n) is 8.78. The summed E-state index contributed by atoms with van der Waals surface area (Å²) in [4.78, 5) is 12.3. The second-order valence-corrected chi connectivity index (χ2v) is 6.11. The van der Waals surface area contributed by atoms with Gasteiger partial charge in [0, 0.05) is 24.4 Å². The van der Waals surface area contributed by atoms with Crippen molar-refractivity contribution in [3.8, 4) is 22.9 Å². The van der Waals surface area contributed by atoms with Gasteiger partial charge in [-0.3, -0.25) is 0 Å². The average molecular weight is 378 g/mol. The highest BCUT2D eigenvalue weighted by atomic mass is 19.1. The van der Waals surface area contributed by atoms with E-state index >= 15 is 0 Å². The van der Waals surface area contributed by atoms with Crippen molar-refractivity contribution in [3.05, 3.63) is 77.4 Å². The summed E-state index contributed by atoms with van der Waals surface area (Å²) in [7, 11) is 1.70. The van der Waals surface area contributed by atoms with E-state index in [2.05, 4.69) is 6.07 Å². The van der Waals surface area contributed by atoms with Crippen LogP contribution in [-0.2, 0) is 18.4 Å². The number of nitrogens with zero attached hydrogens (tertiary/aromatic N) is 2. The molecule has 0 N–H and O–H groups in total. The molecule has 0 saturated heterocycles. The van der Waals surface area contributed by atoms with E-state index in [0.29, 0.717) is 33.7 Å². The Hall–Kier alpha value is -3.59. The molecule has 0 atom stereocenters. The molecule has 0 aliphatic heterocycles. The van der Waals surface area contributed by atoms with Gasteiger partial charge < -0.3 is 14.0 Å². The van der Waals surface area contributed by atoms with Crippen LogP contribution in [0.5, 0.6) is 5.75 Å². The zero-order valence-electron chi connectivity index (χ0n) is 15.6. The van der Waals surface area contributed by atoms with Crippen molar-refractivity contribution in [1.82, 2.24) is 4.57 Å². The van der Waals surface area contributed by atoms with Crippen molar-refractivity contribution in [1.29, 1.82) is 5.26 Å². The Labute approximate surface area is 162 Å². The topological polar surface area (TPSA) is 64.2 Å². The van der Waals surface area contributed by atoms with Gasteiger partial charge in [0.15, 0.2) is 0 Å². The molecule has 142 valence electrons. The zero-order valence-corrected chi connectivity index (χ0v) is 15.6. The first-order valence-corrected chi connectivity index (χ1v) is 8.78. The van der Waals surface area contributed by atoms with Gasteiger partial charge in [0.05, 0.1) is 12.2 Å². The highest BCUT2D eigenvalue weighted by Crippen LogP contribution is 2.31. The molecule has 5 nitrogen and oxygen atoms in total. The van der Waals surface area contributed by atoms with E-state index in [-0.39, 0.29) is 19.0 Å². The lowest BCUT2D eigenvalue weighted by Gasteiger charge is -2.10. The van der Waals surface area contributed by atoms with Gasteiger partial charge in [-0.1, -0.05) is 30.3 Å². The number of halogens is 1. The first kappa shape index (κ1) is 19.2. The van der Waals surface area contributed by atoms with E-state index < -0.39 is 5.97 Å². The van der Waals surface area contributed by atoms with Crippen LogP contribution in [-0.4, -0.2) is 17.1 Å². The Morgan fingerprint density at radius 3 is 2.54 bits per heavy atom. The minimum Gasteiger partial charge on any atom is -0.489 e. The van der Waals surface area contributed by atoms with Crippen LogP contribution in [0.15, 0.2) is 54.7 Å². The van der Waals surface area contributed by atoms with Gasteiger partial charge in [-0.05, 0) is 30.7 Å². The first-order chi connectivity index (χ1) is 13.5. The molecule has 3 aromatic rings. The maximum Gasteiger partial charge on any atom is 0.355 e. The number of carbonyl (C=O) groups excluding carboxylic acids is 1. The lowest BCUT2D eigenvalue weighted by Crippen LogP contribution is -2.10. The lowest BCUT2D eigenvalue weighted by atomic mass is 10.0. The van der Waals surface area contributed by atoms with Gasteiger partial charge in [0.1, 0.15) is 29.9 Å². The number of carbonyl (C=O) groups is 1. The zero-order chi connectivity index (χ0) is 20.1. The number of rotatable bonds is 6. The quantitative estimate of drug-likeness (QED) is 0.594. The van der Waals surface area contributed by atoms with Gasteiger partial charge in [0.25, 0.3) is 0 Å². The fourth-order valence-corrected chi connectivity index (χ4v) is 2.94. The van der Waals surface area contributed by atoms with Gasteiger partial charge >= 0.3 is 5.97 Å². The second kappa shape index (κ2) is 8.40. The SMILES string of the molecule is CCOC(=O)c1c(-c2ccc(OCc3ccccc3F)cc2)c(C#N)cn1C. The summed E-state index contributed by atoms with van der Waals surface area (Å²) in [5, 5.41) is 9.44. The Balaban J connectivity index is 1.86. The summed E-state index contributed by atoms with van der Waals surface area (Å²) >= 11 is 0. The number of aryl methyl sites for hydroxylation is 1. The molecule has 0 amide bonds. The maximum absolute atomic E-state index is 13.7. The van der Waals surface area contributed by atoms with Gasteiger partial charge in [-0.15, -0.1) is 0 Å². The standard InChI is InChI=1S/C22H19FN2O3/c1-3-27-22(26)21-20(17(12-24)13-25(21)2)15-8-10-18(11-9-15)28-14-16-6-4-5-7-19(16)23/h4-11,13H,3,14H2,1-2H3. The molecule has 0 aliphatic carbocycles. The van der Waals surface area contributed by atoms with Crippen molar-refractivity contribution >= 4 is 5.97 Å². The monoisotopic (exact) mass is 378 g/mol. The van der Waals surface area contributed by atoms with E-state index in [9.17, 15) is 14.4 Å². The van der Waals surface area contributed by atoms with E-state index in [1.807, 2.05) is 0 Å². The van der Waals surface area contributed by atoms with Crippen LogP contribution in [0.1, 0.15) is 28.5 Å². The van der Waals surface area contributed by atoms with Crippen LogP contribution < -0.4 is 4.74 Å². The van der Waals surface area contributed by atoms with E-state index in [0.717, 1.165) is 0 Å². The molecule has 0 unspecified atom stereocenters. The number of nitriles is 1. The van der Waals surface area contributed by atoms with E-state index in [4.69, 9.17) is 9.47 Å². The molecule has 0 fully saturated rings. The van der Waals surface area contributed by atoms with Crippen molar-refractivity contribution in [2.45, 2.75) is 13.5 Å². The Morgan fingerprint density at radius 2 is 1.89 bits per heavy atom. The molecule has 0 saturated carbocycles. The number of benzene rings is 2. The van der Waals surface area contributed by atoms with Crippen LogP contribution in [0.3, 0.4) is 0 Å². The molecule has 0 radical (unpaired) electrons. The van der Waals surface area contributed by atoms with Crippen LogP contribution in [0, 0.1) is 17.1 Å². The minimum atomic E-state index is -0.485. The van der Waals surface area contributed by atoms with Crippen LogP contribution in [0.4, 0.5) is 4.39 Å². The minimum absolute atomic E-state index is 0.106. The third-order valence-corrected chi connectivity index (χ3v) is 4.27. The molecule has 0 aliphatic rings. The Kier molecular flexibility index (Phi) is 5.75. The van der Waals surface area contributed by atoms with Crippen LogP contribution in [0.25, 0.3) is 11.1 Å². The number of esters is 1. The van der Waals surface area contributed by atoms with Crippen molar-refractivity contribution in [2.75, 3.05) is 6.61 Å². The van der Waals surface area contributed by atoms with Crippen molar-refractivity contribution in [3.63, 3.8) is 0 Å². The molecule has 28 heavy (non-hydrogen) atoms. The summed E-state index contributed by atoms with van der Waals surface area (Å²) in [6.45, 7) is 2.08. The fourth-order valence-electron chi connectivity index (χ4n) is 2.94. The Morgan fingerprint density at radius 1 is 1.18 bits per heavy atom. The highest BCUT2D eigenvalue weighted by molar-refractivity contribution is 5.97. The van der Waals surface area contributed by atoms with Crippen molar-refractivity contribution in [2.24, 2.45) is 7.05 Å². The normalized spacial score (nSPS) is 10.4. The van der Waals surface area contributed by atoms with E-state index in [1.165, 1.54) is 6.07 Å². The largest absolute Gasteiger partial charge is 0.489 e. The van der Waals surface area contributed by atoms with Gasteiger partial charge in [-0.25, -0.2) is 9.18 Å². The summed E-state index contributed by atoms with van der Waals surface area (Å²) < 4.78 is 26.0. The average Bonchev–Trinajstić information content (AvgIpc) is 3.04. The van der Waals surface area contributed by atoms with Crippen molar-refractivity contribution < 1.29 is 18.7 Å². The third-order valence-electron chi connectivity index (χ3n) is 4.27. The molecule has 1 aromatic heterocycles. The molecule has 3 rings (SSSR count). The van der Waals surface area contributed by atoms with Gasteiger partial charge in [0.2, 0.25) is 0 Å². The Bertz CT molecular complexity index is 1030. The lowest BCUT2D eigenvalue weighted by molar-refractivity contribution is 0.0516. The molecular formula is C22H19FN2O3. The molecule has 0 bridgehead atoms. The van der Waals surface area contributed by atoms with Crippen LogP contribution in [0.2, 0.25) is 0 Å². The van der Waals surface area contributed by atoms with E-state index in [1.54, 1.807) is 67.2 Å². The molecular weight excluding hydrogens is 359 g/mol. The maximum atomic E-state index is 13.7. The summed E-state index contributed by atoms with van der Waals surface area (Å²) in [5.74, 6) is -0.248. The predicted octanol–water partition coefficient (Wildman–Crippen LogP) is 4.46.